The first-order valence-corrected chi connectivity index (χ1v) is 10.2. The number of hydrogen-bond donors (Lipinski definition) is 0. The SMILES string of the molecule is C=C=COOCCCCOC1CCC(OCOC2CCC(C)CC2)CC1. The molecule has 0 aromatic heterocycles. The van der Waals surface area contributed by atoms with Crippen molar-refractivity contribution in [3.05, 3.63) is 18.6 Å². The van der Waals surface area contributed by atoms with Crippen molar-refractivity contribution in [1.82, 2.24) is 0 Å². The highest BCUT2D eigenvalue weighted by molar-refractivity contribution is 4.73. The highest BCUT2D eigenvalue weighted by Crippen LogP contribution is 2.27. The van der Waals surface area contributed by atoms with Gasteiger partial charge in [0.2, 0.25) is 0 Å². The first-order valence-electron chi connectivity index (χ1n) is 10.2. The monoisotopic (exact) mass is 368 g/mol. The largest absolute Gasteiger partial charge is 0.378 e. The van der Waals surface area contributed by atoms with Gasteiger partial charge in [0.25, 0.3) is 0 Å². The van der Waals surface area contributed by atoms with Crippen molar-refractivity contribution in [2.45, 2.75) is 89.4 Å². The minimum Gasteiger partial charge on any atom is -0.378 e. The molecule has 0 saturated heterocycles. The van der Waals surface area contributed by atoms with E-state index in [4.69, 9.17) is 24.0 Å². The third-order valence-corrected chi connectivity index (χ3v) is 5.37. The van der Waals surface area contributed by atoms with E-state index in [2.05, 4.69) is 19.2 Å². The van der Waals surface area contributed by atoms with E-state index in [9.17, 15) is 0 Å². The number of hydrogen-bond acceptors (Lipinski definition) is 5. The van der Waals surface area contributed by atoms with Gasteiger partial charge < -0.3 is 19.1 Å². The van der Waals surface area contributed by atoms with E-state index >= 15 is 0 Å². The Morgan fingerprint density at radius 2 is 1.35 bits per heavy atom. The fourth-order valence-electron chi connectivity index (χ4n) is 3.62. The second-order valence-corrected chi connectivity index (χ2v) is 7.55. The van der Waals surface area contributed by atoms with Gasteiger partial charge in [-0.1, -0.05) is 19.2 Å². The molecule has 26 heavy (non-hydrogen) atoms. The standard InChI is InChI=1S/C21H36O5/c1-3-14-25-26-16-5-4-15-22-19-10-12-21(13-11-19)24-17-23-20-8-6-18(2)7-9-20/h14,18-21H,1,4-13,15-17H2,2H3. The van der Waals surface area contributed by atoms with E-state index in [0.29, 0.717) is 31.7 Å². The van der Waals surface area contributed by atoms with Gasteiger partial charge in [-0.3, -0.25) is 0 Å². The molecule has 0 radical (unpaired) electrons. The number of unbranched alkanes of at least 4 members (excludes halogenated alkanes) is 1. The predicted octanol–water partition coefficient (Wildman–Crippen LogP) is 4.91. The van der Waals surface area contributed by atoms with Crippen LogP contribution < -0.4 is 0 Å². The molecule has 0 aromatic rings. The third-order valence-electron chi connectivity index (χ3n) is 5.37. The van der Waals surface area contributed by atoms with Crippen LogP contribution in [0.25, 0.3) is 0 Å². The molecule has 0 aliphatic heterocycles. The molecule has 2 aliphatic carbocycles. The lowest BCUT2D eigenvalue weighted by molar-refractivity contribution is -0.249. The van der Waals surface area contributed by atoms with E-state index in [-0.39, 0.29) is 0 Å². The molecule has 0 amide bonds. The van der Waals surface area contributed by atoms with Crippen LogP contribution in [0, 0.1) is 5.92 Å². The lowest BCUT2D eigenvalue weighted by atomic mass is 9.89. The van der Waals surface area contributed by atoms with E-state index < -0.39 is 0 Å². The Kier molecular flexibility index (Phi) is 11.0. The van der Waals surface area contributed by atoms with E-state index in [1.54, 1.807) is 0 Å². The molecule has 2 aliphatic rings. The van der Waals surface area contributed by atoms with E-state index in [1.807, 2.05) is 0 Å². The van der Waals surface area contributed by atoms with Crippen LogP contribution in [0.1, 0.15) is 71.1 Å². The summed E-state index contributed by atoms with van der Waals surface area (Å²) >= 11 is 0. The summed E-state index contributed by atoms with van der Waals surface area (Å²) < 4.78 is 17.8. The first kappa shape index (κ1) is 21.5. The molecule has 0 spiro atoms. The van der Waals surface area contributed by atoms with Crippen molar-refractivity contribution in [2.24, 2.45) is 5.92 Å². The zero-order chi connectivity index (χ0) is 18.5. The summed E-state index contributed by atoms with van der Waals surface area (Å²) in [5, 5.41) is 0. The fraction of sp³-hybridized carbons (Fsp3) is 0.857. The predicted molar refractivity (Wildman–Crippen MR) is 100 cm³/mol. The van der Waals surface area contributed by atoms with E-state index in [0.717, 1.165) is 51.0 Å². The molecule has 5 nitrogen and oxygen atoms in total. The maximum Gasteiger partial charge on any atom is 0.171 e. The average Bonchev–Trinajstić information content (AvgIpc) is 2.67. The topological polar surface area (TPSA) is 46.2 Å². The molecule has 2 fully saturated rings. The maximum absolute atomic E-state index is 5.96. The van der Waals surface area contributed by atoms with Gasteiger partial charge in [0.1, 0.15) is 6.79 Å². The highest BCUT2D eigenvalue weighted by atomic mass is 17.2. The Morgan fingerprint density at radius 1 is 0.808 bits per heavy atom. The van der Waals surface area contributed by atoms with Crippen LogP contribution in [0.3, 0.4) is 0 Å². The van der Waals surface area contributed by atoms with Crippen molar-refractivity contribution in [2.75, 3.05) is 20.0 Å². The van der Waals surface area contributed by atoms with Crippen molar-refractivity contribution >= 4 is 0 Å². The number of rotatable bonds is 12. The molecule has 0 unspecified atom stereocenters. The van der Waals surface area contributed by atoms with Gasteiger partial charge in [0.15, 0.2) is 6.26 Å². The third kappa shape index (κ3) is 9.20. The van der Waals surface area contributed by atoms with E-state index in [1.165, 1.54) is 31.9 Å². The highest BCUT2D eigenvalue weighted by Gasteiger charge is 2.23. The fourth-order valence-corrected chi connectivity index (χ4v) is 3.62. The molecule has 5 heteroatoms. The minimum atomic E-state index is 0.334. The van der Waals surface area contributed by atoms with Crippen LogP contribution in [-0.2, 0) is 24.0 Å². The summed E-state index contributed by atoms with van der Waals surface area (Å²) in [6, 6.07) is 0. The van der Waals surface area contributed by atoms with Crippen LogP contribution in [0.2, 0.25) is 0 Å². The molecule has 0 bridgehead atoms. The molecule has 2 rings (SSSR count). The quantitative estimate of drug-likeness (QED) is 0.122. The van der Waals surface area contributed by atoms with Gasteiger partial charge in [-0.05, 0) is 70.1 Å². The van der Waals surface area contributed by atoms with Crippen LogP contribution >= 0.6 is 0 Å². The van der Waals surface area contributed by atoms with Crippen LogP contribution in [-0.4, -0.2) is 38.3 Å². The molecule has 150 valence electrons. The molecule has 2 saturated carbocycles. The molecular weight excluding hydrogens is 332 g/mol. The zero-order valence-corrected chi connectivity index (χ0v) is 16.3. The summed E-state index contributed by atoms with van der Waals surface area (Å²) in [6.45, 7) is 7.51. The molecular formula is C21H36O5. The Hall–Kier alpha value is -0.840. The average molecular weight is 369 g/mol. The van der Waals surface area contributed by atoms with Gasteiger partial charge in [-0.25, -0.2) is 0 Å². The lowest BCUT2D eigenvalue weighted by Gasteiger charge is -2.30. The molecule has 0 atom stereocenters. The van der Waals surface area contributed by atoms with Crippen LogP contribution in [0.15, 0.2) is 18.6 Å². The van der Waals surface area contributed by atoms with Crippen molar-refractivity contribution in [1.29, 1.82) is 0 Å². The molecule has 0 N–H and O–H groups in total. The summed E-state index contributed by atoms with van der Waals surface area (Å²) in [4.78, 5) is 9.63. The van der Waals surface area contributed by atoms with Gasteiger partial charge in [0, 0.05) is 6.61 Å². The maximum atomic E-state index is 5.96. The summed E-state index contributed by atoms with van der Waals surface area (Å²) in [5.74, 6) is 0.862. The van der Waals surface area contributed by atoms with Crippen molar-refractivity contribution < 1.29 is 24.0 Å². The minimum absolute atomic E-state index is 0.334. The first-order chi connectivity index (χ1) is 12.8. The normalized spacial score (nSPS) is 29.1. The Morgan fingerprint density at radius 3 is 1.96 bits per heavy atom. The Balaban J connectivity index is 1.41. The smallest absolute Gasteiger partial charge is 0.171 e. The van der Waals surface area contributed by atoms with Crippen LogP contribution in [0.4, 0.5) is 0 Å². The van der Waals surface area contributed by atoms with Gasteiger partial charge >= 0.3 is 0 Å². The Labute approximate surface area is 158 Å². The molecule has 0 heterocycles. The van der Waals surface area contributed by atoms with Crippen molar-refractivity contribution in [3.63, 3.8) is 0 Å². The second-order valence-electron chi connectivity index (χ2n) is 7.55. The summed E-state index contributed by atoms with van der Waals surface area (Å²) in [6.07, 6.45) is 13.6. The van der Waals surface area contributed by atoms with Crippen LogP contribution in [0.5, 0.6) is 0 Å². The molecule has 0 aromatic carbocycles. The van der Waals surface area contributed by atoms with Gasteiger partial charge in [-0.15, -0.1) is 0 Å². The summed E-state index contributed by atoms with van der Waals surface area (Å²) in [7, 11) is 0. The lowest BCUT2D eigenvalue weighted by Crippen LogP contribution is -2.29. The Bertz CT molecular complexity index is 391. The van der Waals surface area contributed by atoms with Crippen molar-refractivity contribution in [3.8, 4) is 0 Å². The summed E-state index contributed by atoms with van der Waals surface area (Å²) in [5.41, 5.74) is 2.48. The van der Waals surface area contributed by atoms with Gasteiger partial charge in [0.05, 0.1) is 24.9 Å². The zero-order valence-electron chi connectivity index (χ0n) is 16.3. The second kappa shape index (κ2) is 13.3. The van der Waals surface area contributed by atoms with Gasteiger partial charge in [-0.2, -0.15) is 4.89 Å². The number of ether oxygens (including phenoxy) is 3.